The summed E-state index contributed by atoms with van der Waals surface area (Å²) < 4.78 is 5.62. The minimum absolute atomic E-state index is 0.0786. The molecule has 0 saturated heterocycles. The number of benzene rings is 2. The molecule has 0 aliphatic heterocycles. The summed E-state index contributed by atoms with van der Waals surface area (Å²) in [6.07, 6.45) is 3.97. The van der Waals surface area contributed by atoms with E-state index < -0.39 is 0 Å². The van der Waals surface area contributed by atoms with Crippen LogP contribution in [0.2, 0.25) is 0 Å². The summed E-state index contributed by atoms with van der Waals surface area (Å²) in [5.74, 6) is 1.46. The van der Waals surface area contributed by atoms with E-state index in [1.54, 1.807) is 23.9 Å². The number of nitrogens with one attached hydrogen (secondary N) is 2. The highest BCUT2D eigenvalue weighted by atomic mass is 32.2. The van der Waals surface area contributed by atoms with E-state index >= 15 is 0 Å². The fourth-order valence-corrected chi connectivity index (χ4v) is 3.30. The average molecular weight is 396 g/mol. The van der Waals surface area contributed by atoms with Crippen LogP contribution in [0.1, 0.15) is 30.1 Å². The Morgan fingerprint density at radius 2 is 1.93 bits per heavy atom. The Morgan fingerprint density at radius 3 is 2.68 bits per heavy atom. The Morgan fingerprint density at radius 1 is 1.14 bits per heavy atom. The van der Waals surface area contributed by atoms with E-state index in [2.05, 4.69) is 22.2 Å². The van der Waals surface area contributed by atoms with Crippen molar-refractivity contribution in [3.63, 3.8) is 0 Å². The number of hydrogen-bond acceptors (Lipinski definition) is 4. The van der Waals surface area contributed by atoms with Crippen molar-refractivity contribution in [3.8, 4) is 17.0 Å². The summed E-state index contributed by atoms with van der Waals surface area (Å²) in [5.41, 5.74) is 2.74. The molecule has 1 aromatic heterocycles. The minimum Gasteiger partial charge on any atom is -0.494 e. The molecule has 1 amide bonds. The SMILES string of the molecule is CCCCOc1ccc(C(=O)NCCSc2ncc(-c3ccccc3)[nH]2)cc1. The van der Waals surface area contributed by atoms with Gasteiger partial charge in [0.2, 0.25) is 0 Å². The van der Waals surface area contributed by atoms with Crippen LogP contribution in [0.3, 0.4) is 0 Å². The van der Waals surface area contributed by atoms with Crippen molar-refractivity contribution >= 4 is 17.7 Å². The Bertz CT molecular complexity index is 863. The Hall–Kier alpha value is -2.73. The monoisotopic (exact) mass is 395 g/mol. The highest BCUT2D eigenvalue weighted by Crippen LogP contribution is 2.20. The van der Waals surface area contributed by atoms with Gasteiger partial charge in [-0.25, -0.2) is 4.98 Å². The molecule has 28 heavy (non-hydrogen) atoms. The number of carbonyl (C=O) groups excluding carboxylic acids is 1. The second-order valence-corrected chi connectivity index (χ2v) is 7.38. The molecular formula is C22H25N3O2S. The van der Waals surface area contributed by atoms with Gasteiger partial charge in [-0.3, -0.25) is 4.79 Å². The van der Waals surface area contributed by atoms with Crippen molar-refractivity contribution in [1.29, 1.82) is 0 Å². The normalized spacial score (nSPS) is 10.6. The van der Waals surface area contributed by atoms with Gasteiger partial charge in [0.15, 0.2) is 5.16 Å². The third kappa shape index (κ3) is 5.89. The maximum Gasteiger partial charge on any atom is 0.251 e. The number of imidazole rings is 1. The number of amides is 1. The van der Waals surface area contributed by atoms with E-state index in [4.69, 9.17) is 4.74 Å². The van der Waals surface area contributed by atoms with Gasteiger partial charge in [0, 0.05) is 17.9 Å². The third-order valence-electron chi connectivity index (χ3n) is 4.15. The van der Waals surface area contributed by atoms with Crippen LogP contribution >= 0.6 is 11.8 Å². The molecule has 2 aromatic carbocycles. The summed E-state index contributed by atoms with van der Waals surface area (Å²) >= 11 is 1.59. The van der Waals surface area contributed by atoms with E-state index in [9.17, 15) is 4.79 Å². The summed E-state index contributed by atoms with van der Waals surface area (Å²) in [6.45, 7) is 3.40. The van der Waals surface area contributed by atoms with Gasteiger partial charge >= 0.3 is 0 Å². The van der Waals surface area contributed by atoms with E-state index in [-0.39, 0.29) is 5.91 Å². The Labute approximate surface area is 169 Å². The van der Waals surface area contributed by atoms with Crippen LogP contribution in [-0.2, 0) is 0 Å². The number of hydrogen-bond donors (Lipinski definition) is 2. The zero-order valence-electron chi connectivity index (χ0n) is 16.0. The van der Waals surface area contributed by atoms with E-state index in [0.717, 1.165) is 40.8 Å². The second-order valence-electron chi connectivity index (χ2n) is 6.30. The van der Waals surface area contributed by atoms with Crippen molar-refractivity contribution in [2.24, 2.45) is 0 Å². The summed E-state index contributed by atoms with van der Waals surface area (Å²) in [6, 6.07) is 17.4. The summed E-state index contributed by atoms with van der Waals surface area (Å²) in [4.78, 5) is 19.9. The van der Waals surface area contributed by atoms with E-state index in [0.29, 0.717) is 18.7 Å². The molecule has 0 saturated carbocycles. The van der Waals surface area contributed by atoms with Crippen molar-refractivity contribution in [3.05, 3.63) is 66.4 Å². The second kappa shape index (κ2) is 10.6. The molecule has 0 unspecified atom stereocenters. The van der Waals surface area contributed by atoms with Crippen molar-refractivity contribution in [2.45, 2.75) is 24.9 Å². The van der Waals surface area contributed by atoms with Crippen LogP contribution in [0.5, 0.6) is 5.75 Å². The molecule has 6 heteroatoms. The van der Waals surface area contributed by atoms with Gasteiger partial charge < -0.3 is 15.0 Å². The van der Waals surface area contributed by atoms with Gasteiger partial charge in [0.25, 0.3) is 5.91 Å². The van der Waals surface area contributed by atoms with Crippen LogP contribution in [0.15, 0.2) is 66.0 Å². The number of ether oxygens (including phenoxy) is 1. The summed E-state index contributed by atoms with van der Waals surface area (Å²) in [5, 5.41) is 3.79. The van der Waals surface area contributed by atoms with E-state index in [1.165, 1.54) is 0 Å². The molecule has 0 fully saturated rings. The molecule has 0 atom stereocenters. The maximum atomic E-state index is 12.2. The summed E-state index contributed by atoms with van der Waals surface area (Å²) in [7, 11) is 0. The van der Waals surface area contributed by atoms with E-state index in [1.807, 2.05) is 48.7 Å². The fourth-order valence-electron chi connectivity index (χ4n) is 2.59. The molecule has 146 valence electrons. The molecular weight excluding hydrogens is 370 g/mol. The van der Waals surface area contributed by atoms with Gasteiger partial charge in [-0.2, -0.15) is 0 Å². The predicted molar refractivity (Wildman–Crippen MR) is 114 cm³/mol. The topological polar surface area (TPSA) is 67.0 Å². The lowest BCUT2D eigenvalue weighted by molar-refractivity contribution is 0.0956. The lowest BCUT2D eigenvalue weighted by Gasteiger charge is -2.07. The number of H-pyrrole nitrogens is 1. The van der Waals surface area contributed by atoms with Crippen LogP contribution in [0, 0.1) is 0 Å². The third-order valence-corrected chi connectivity index (χ3v) is 5.04. The molecule has 3 rings (SSSR count). The van der Waals surface area contributed by atoms with Gasteiger partial charge in [0.1, 0.15) is 5.75 Å². The number of aromatic amines is 1. The Balaban J connectivity index is 1.40. The largest absolute Gasteiger partial charge is 0.494 e. The molecule has 0 aliphatic rings. The van der Waals surface area contributed by atoms with Crippen molar-refractivity contribution < 1.29 is 9.53 Å². The minimum atomic E-state index is -0.0786. The number of carbonyl (C=O) groups is 1. The average Bonchev–Trinajstić information content (AvgIpc) is 3.21. The number of rotatable bonds is 10. The zero-order valence-corrected chi connectivity index (χ0v) is 16.8. The molecule has 1 heterocycles. The van der Waals surface area contributed by atoms with Crippen molar-refractivity contribution in [2.75, 3.05) is 18.9 Å². The molecule has 0 spiro atoms. The maximum absolute atomic E-state index is 12.2. The van der Waals surface area contributed by atoms with Gasteiger partial charge in [-0.1, -0.05) is 55.4 Å². The molecule has 0 radical (unpaired) electrons. The number of aromatic nitrogens is 2. The molecule has 3 aromatic rings. The first-order valence-electron chi connectivity index (χ1n) is 9.50. The number of nitrogens with zero attached hydrogens (tertiary/aromatic N) is 1. The van der Waals surface area contributed by atoms with Gasteiger partial charge in [0.05, 0.1) is 18.5 Å². The molecule has 0 aliphatic carbocycles. The highest BCUT2D eigenvalue weighted by Gasteiger charge is 2.07. The predicted octanol–water partition coefficient (Wildman–Crippen LogP) is 4.78. The first-order valence-corrected chi connectivity index (χ1v) is 10.5. The van der Waals surface area contributed by atoms with Gasteiger partial charge in [-0.15, -0.1) is 0 Å². The smallest absolute Gasteiger partial charge is 0.251 e. The Kier molecular flexibility index (Phi) is 7.55. The standard InChI is InChI=1S/C22H25N3O2S/c1-2-3-14-27-19-11-9-18(10-12-19)21(26)23-13-15-28-22-24-16-20(25-22)17-7-5-4-6-8-17/h4-12,16H,2-3,13-15H2,1H3,(H,23,26)(H,24,25). The fraction of sp³-hybridized carbons (Fsp3) is 0.273. The van der Waals surface area contributed by atoms with Crippen LogP contribution in [-0.4, -0.2) is 34.8 Å². The molecule has 5 nitrogen and oxygen atoms in total. The van der Waals surface area contributed by atoms with Crippen molar-refractivity contribution in [1.82, 2.24) is 15.3 Å². The van der Waals surface area contributed by atoms with Crippen LogP contribution in [0.4, 0.5) is 0 Å². The number of thioether (sulfide) groups is 1. The number of unbranched alkanes of at least 4 members (excludes halogenated alkanes) is 1. The van der Waals surface area contributed by atoms with Crippen LogP contribution < -0.4 is 10.1 Å². The highest BCUT2D eigenvalue weighted by molar-refractivity contribution is 7.99. The quantitative estimate of drug-likeness (QED) is 0.383. The first-order chi connectivity index (χ1) is 13.8. The molecule has 0 bridgehead atoms. The first kappa shape index (κ1) is 20.0. The van der Waals surface area contributed by atoms with Gasteiger partial charge in [-0.05, 0) is 36.2 Å². The zero-order chi connectivity index (χ0) is 19.6. The molecule has 2 N–H and O–H groups in total. The van der Waals surface area contributed by atoms with Crippen LogP contribution in [0.25, 0.3) is 11.3 Å². The lowest BCUT2D eigenvalue weighted by Crippen LogP contribution is -2.25. The lowest BCUT2D eigenvalue weighted by atomic mass is 10.2.